The molecule has 0 fully saturated rings. The van der Waals surface area contributed by atoms with E-state index in [0.717, 1.165) is 27.0 Å². The van der Waals surface area contributed by atoms with Crippen LogP contribution in [0.4, 0.5) is 0 Å². The molecule has 0 radical (unpaired) electrons. The molecule has 2 aromatic heterocycles. The number of carboxylic acids is 1. The molecule has 2 aromatic carbocycles. The fourth-order valence-corrected chi connectivity index (χ4v) is 4.17. The maximum absolute atomic E-state index is 12.5. The number of aryl methyl sites for hydroxylation is 1. The second-order valence-corrected chi connectivity index (χ2v) is 8.07. The number of carboxylic acid groups (broad SMARTS) is 1. The van der Waals surface area contributed by atoms with Gasteiger partial charge in [0, 0.05) is 34.5 Å². The summed E-state index contributed by atoms with van der Waals surface area (Å²) in [6, 6.07) is 14.7. The van der Waals surface area contributed by atoms with E-state index >= 15 is 0 Å². The average Bonchev–Trinajstić information content (AvgIpc) is 3.35. The van der Waals surface area contributed by atoms with Gasteiger partial charge in [0.05, 0.1) is 12.1 Å². The van der Waals surface area contributed by atoms with Gasteiger partial charge >= 0.3 is 5.97 Å². The largest absolute Gasteiger partial charge is 0.480 e. The van der Waals surface area contributed by atoms with E-state index in [9.17, 15) is 14.7 Å². The van der Waals surface area contributed by atoms with Crippen LogP contribution in [-0.4, -0.2) is 33.0 Å². The van der Waals surface area contributed by atoms with Gasteiger partial charge in [0.15, 0.2) is 0 Å². The Balaban J connectivity index is 1.42. The third-order valence-corrected chi connectivity index (χ3v) is 5.86. The summed E-state index contributed by atoms with van der Waals surface area (Å²) in [6.45, 7) is 2.02. The molecule has 0 aliphatic rings. The predicted octanol–water partition coefficient (Wildman–Crippen LogP) is 3.95. The van der Waals surface area contributed by atoms with Crippen molar-refractivity contribution in [2.24, 2.45) is 0 Å². The van der Waals surface area contributed by atoms with Gasteiger partial charge in [-0.1, -0.05) is 48.0 Å². The fourth-order valence-electron chi connectivity index (χ4n) is 3.35. The normalized spacial score (nSPS) is 12.0. The number of para-hydroxylation sites is 1. The summed E-state index contributed by atoms with van der Waals surface area (Å²) in [5.41, 5.74) is 4.59. The lowest BCUT2D eigenvalue weighted by Crippen LogP contribution is -2.43. The first-order valence-electron chi connectivity index (χ1n) is 9.58. The first-order chi connectivity index (χ1) is 14.5. The molecule has 6 nitrogen and oxygen atoms in total. The third kappa shape index (κ3) is 4.41. The maximum atomic E-state index is 12.5. The number of hydrogen-bond acceptors (Lipinski definition) is 4. The minimum absolute atomic E-state index is 0.0417. The molecular weight excluding hydrogens is 398 g/mol. The van der Waals surface area contributed by atoms with Crippen LogP contribution in [0.2, 0.25) is 0 Å². The Morgan fingerprint density at radius 3 is 2.70 bits per heavy atom. The number of nitrogens with one attached hydrogen (secondary N) is 2. The summed E-state index contributed by atoms with van der Waals surface area (Å²) in [5.74, 6) is -1.42. The molecule has 1 unspecified atom stereocenters. The molecule has 0 aliphatic heterocycles. The smallest absolute Gasteiger partial charge is 0.326 e. The van der Waals surface area contributed by atoms with Crippen molar-refractivity contribution >= 4 is 34.1 Å². The second-order valence-electron chi connectivity index (χ2n) is 7.21. The van der Waals surface area contributed by atoms with E-state index in [-0.39, 0.29) is 18.7 Å². The van der Waals surface area contributed by atoms with Gasteiger partial charge in [-0.05, 0) is 18.6 Å². The zero-order valence-electron chi connectivity index (χ0n) is 16.4. The predicted molar refractivity (Wildman–Crippen MR) is 118 cm³/mol. The van der Waals surface area contributed by atoms with Gasteiger partial charge in [0.2, 0.25) is 5.91 Å². The van der Waals surface area contributed by atoms with Crippen LogP contribution < -0.4 is 5.32 Å². The molecule has 4 aromatic rings. The summed E-state index contributed by atoms with van der Waals surface area (Å²) in [6.07, 6.45) is 2.04. The quantitative estimate of drug-likeness (QED) is 0.423. The number of benzene rings is 2. The Bertz CT molecular complexity index is 1190. The number of aliphatic carboxylic acids is 1. The number of aromatic nitrogens is 2. The van der Waals surface area contributed by atoms with Crippen molar-refractivity contribution in [2.45, 2.75) is 25.8 Å². The number of carbonyl (C=O) groups excluding carboxylic acids is 1. The van der Waals surface area contributed by atoms with Crippen molar-refractivity contribution in [2.75, 3.05) is 0 Å². The van der Waals surface area contributed by atoms with E-state index in [1.165, 1.54) is 16.9 Å². The number of hydrogen-bond donors (Lipinski definition) is 3. The SMILES string of the molecule is Cc1ccc(-c2nc(CC(=O)NC(Cc3c[nH]c4ccccc34)C(=O)O)cs2)cc1. The molecule has 0 bridgehead atoms. The van der Waals surface area contributed by atoms with Crippen molar-refractivity contribution in [3.05, 3.63) is 76.9 Å². The first kappa shape index (κ1) is 19.8. The van der Waals surface area contributed by atoms with Crippen molar-refractivity contribution in [1.29, 1.82) is 0 Å². The summed E-state index contributed by atoms with van der Waals surface area (Å²) in [4.78, 5) is 31.9. The summed E-state index contributed by atoms with van der Waals surface area (Å²) in [7, 11) is 0. The van der Waals surface area contributed by atoms with E-state index in [1.54, 1.807) is 6.20 Å². The Morgan fingerprint density at radius 1 is 1.17 bits per heavy atom. The van der Waals surface area contributed by atoms with Crippen LogP contribution >= 0.6 is 11.3 Å². The standard InChI is InChI=1S/C23H21N3O3S/c1-14-6-8-15(9-7-14)22-25-17(13-30-22)11-21(27)26-20(23(28)29)10-16-12-24-19-5-3-2-4-18(16)19/h2-9,12-13,20,24H,10-11H2,1H3,(H,26,27)(H,28,29). The highest BCUT2D eigenvalue weighted by atomic mass is 32.1. The summed E-state index contributed by atoms with van der Waals surface area (Å²) >= 11 is 1.47. The van der Waals surface area contributed by atoms with Crippen LogP contribution in [0.5, 0.6) is 0 Å². The minimum atomic E-state index is -1.06. The van der Waals surface area contributed by atoms with Crippen LogP contribution in [0, 0.1) is 6.92 Å². The number of thiazole rings is 1. The Kier molecular flexibility index (Phi) is 5.63. The molecule has 1 amide bonds. The fraction of sp³-hybridized carbons (Fsp3) is 0.174. The molecule has 0 saturated carbocycles. The summed E-state index contributed by atoms with van der Waals surface area (Å²) in [5, 5.41) is 15.9. The van der Waals surface area contributed by atoms with Crippen LogP contribution in [-0.2, 0) is 22.4 Å². The van der Waals surface area contributed by atoms with Gasteiger partial charge in [0.25, 0.3) is 0 Å². The minimum Gasteiger partial charge on any atom is -0.480 e. The van der Waals surface area contributed by atoms with E-state index in [2.05, 4.69) is 15.3 Å². The van der Waals surface area contributed by atoms with Crippen LogP contribution in [0.15, 0.2) is 60.1 Å². The van der Waals surface area contributed by atoms with Gasteiger partial charge in [0.1, 0.15) is 11.0 Å². The first-order valence-corrected chi connectivity index (χ1v) is 10.5. The number of rotatable bonds is 7. The van der Waals surface area contributed by atoms with Gasteiger partial charge in [-0.25, -0.2) is 9.78 Å². The highest BCUT2D eigenvalue weighted by molar-refractivity contribution is 7.13. The van der Waals surface area contributed by atoms with E-state index in [4.69, 9.17) is 0 Å². The van der Waals surface area contributed by atoms with E-state index in [1.807, 2.05) is 60.8 Å². The Morgan fingerprint density at radius 2 is 1.93 bits per heavy atom. The van der Waals surface area contributed by atoms with Crippen molar-refractivity contribution in [1.82, 2.24) is 15.3 Å². The van der Waals surface area contributed by atoms with E-state index < -0.39 is 12.0 Å². The highest BCUT2D eigenvalue weighted by Crippen LogP contribution is 2.24. The molecule has 0 spiro atoms. The molecule has 0 saturated heterocycles. The molecule has 30 heavy (non-hydrogen) atoms. The Labute approximate surface area is 177 Å². The van der Waals surface area contributed by atoms with Crippen molar-refractivity contribution in [3.8, 4) is 10.6 Å². The summed E-state index contributed by atoms with van der Waals surface area (Å²) < 4.78 is 0. The molecule has 3 N–H and O–H groups in total. The van der Waals surface area contributed by atoms with Gasteiger partial charge in [-0.15, -0.1) is 11.3 Å². The van der Waals surface area contributed by atoms with Gasteiger partial charge in [-0.2, -0.15) is 0 Å². The number of carbonyl (C=O) groups is 2. The Hall–Kier alpha value is -3.45. The zero-order valence-corrected chi connectivity index (χ0v) is 17.2. The van der Waals surface area contributed by atoms with Crippen molar-refractivity contribution in [3.63, 3.8) is 0 Å². The van der Waals surface area contributed by atoms with E-state index in [0.29, 0.717) is 5.69 Å². The number of H-pyrrole nitrogens is 1. The van der Waals surface area contributed by atoms with Crippen LogP contribution in [0.25, 0.3) is 21.5 Å². The average molecular weight is 420 g/mol. The van der Waals surface area contributed by atoms with Crippen LogP contribution in [0.1, 0.15) is 16.8 Å². The molecule has 4 rings (SSSR count). The van der Waals surface area contributed by atoms with Crippen LogP contribution in [0.3, 0.4) is 0 Å². The lowest BCUT2D eigenvalue weighted by atomic mass is 10.0. The molecule has 7 heteroatoms. The molecule has 0 aliphatic carbocycles. The molecular formula is C23H21N3O3S. The lowest BCUT2D eigenvalue weighted by Gasteiger charge is -2.14. The zero-order chi connectivity index (χ0) is 21.1. The number of nitrogens with zero attached hydrogens (tertiary/aromatic N) is 1. The third-order valence-electron chi connectivity index (χ3n) is 4.92. The lowest BCUT2D eigenvalue weighted by molar-refractivity contribution is -0.141. The van der Waals surface area contributed by atoms with Gasteiger partial charge < -0.3 is 15.4 Å². The highest BCUT2D eigenvalue weighted by Gasteiger charge is 2.22. The number of amides is 1. The topological polar surface area (TPSA) is 95.1 Å². The number of aromatic amines is 1. The monoisotopic (exact) mass is 419 g/mol. The number of fused-ring (bicyclic) bond motifs is 1. The van der Waals surface area contributed by atoms with Gasteiger partial charge in [-0.3, -0.25) is 4.79 Å². The van der Waals surface area contributed by atoms with Crippen molar-refractivity contribution < 1.29 is 14.7 Å². The maximum Gasteiger partial charge on any atom is 0.326 e. The molecule has 152 valence electrons. The second kappa shape index (κ2) is 8.51. The molecule has 1 atom stereocenters. The molecule has 2 heterocycles.